The summed E-state index contributed by atoms with van der Waals surface area (Å²) in [6, 6.07) is 0.927. The Morgan fingerprint density at radius 3 is 2.22 bits per heavy atom. The molecule has 0 aromatic heterocycles. The van der Waals surface area contributed by atoms with Gasteiger partial charge in [0.1, 0.15) is 11.6 Å². The van der Waals surface area contributed by atoms with E-state index in [0.717, 1.165) is 4.90 Å². The van der Waals surface area contributed by atoms with Crippen LogP contribution in [0.15, 0.2) is 12.2 Å². The zero-order valence-electron chi connectivity index (χ0n) is 16.0. The lowest BCUT2D eigenvalue weighted by Gasteiger charge is -2.27. The molecule has 1 N–H and O–H groups in total. The number of hydrogen-bond acceptors (Lipinski definition) is 6. The molecular weight excluding hydrogens is 350 g/mol. The SMILES string of the molecule is CC(C)[C@@](C)(C#N)NC(=O)COC(=O)[C@H](C)N1C(=O)[C@H]2CC=CC[C@@H]2C1=O. The summed E-state index contributed by atoms with van der Waals surface area (Å²) < 4.78 is 4.98. The standard InChI is InChI=1S/C19H25N3O5/c1-11(2)19(4,10-20)21-15(23)9-27-18(26)12(3)22-16(24)13-7-5-6-8-14(13)17(22)25/h5-6,11-14H,7-9H2,1-4H3,(H,21,23)/t12-,13-,14-,19+/m0/s1. The quantitative estimate of drug-likeness (QED) is 0.419. The van der Waals surface area contributed by atoms with Crippen LogP contribution in [-0.4, -0.2) is 46.8 Å². The number of ether oxygens (including phenoxy) is 1. The Kier molecular flexibility index (Phi) is 6.04. The van der Waals surface area contributed by atoms with E-state index in [4.69, 9.17) is 4.74 Å². The number of rotatable bonds is 6. The zero-order valence-corrected chi connectivity index (χ0v) is 16.0. The van der Waals surface area contributed by atoms with Crippen molar-refractivity contribution in [1.29, 1.82) is 5.26 Å². The van der Waals surface area contributed by atoms with E-state index >= 15 is 0 Å². The predicted molar refractivity (Wildman–Crippen MR) is 94.6 cm³/mol. The minimum atomic E-state index is -1.10. The molecule has 0 radical (unpaired) electrons. The lowest BCUT2D eigenvalue weighted by atomic mass is 9.85. The Balaban J connectivity index is 1.94. The lowest BCUT2D eigenvalue weighted by molar-refractivity contribution is -0.159. The Morgan fingerprint density at radius 2 is 1.78 bits per heavy atom. The van der Waals surface area contributed by atoms with Gasteiger partial charge >= 0.3 is 5.97 Å². The topological polar surface area (TPSA) is 117 Å². The number of imide groups is 1. The molecule has 0 unspecified atom stereocenters. The van der Waals surface area contributed by atoms with Gasteiger partial charge in [-0.2, -0.15) is 5.26 Å². The van der Waals surface area contributed by atoms with Gasteiger partial charge in [0.05, 0.1) is 17.9 Å². The van der Waals surface area contributed by atoms with Crippen LogP contribution >= 0.6 is 0 Å². The van der Waals surface area contributed by atoms with Crippen molar-refractivity contribution >= 4 is 23.7 Å². The van der Waals surface area contributed by atoms with E-state index in [2.05, 4.69) is 5.32 Å². The van der Waals surface area contributed by atoms with E-state index in [1.807, 2.05) is 18.2 Å². The summed E-state index contributed by atoms with van der Waals surface area (Å²) in [4.78, 5) is 50.2. The largest absolute Gasteiger partial charge is 0.454 e. The fourth-order valence-corrected chi connectivity index (χ4v) is 3.20. The van der Waals surface area contributed by atoms with Crippen LogP contribution in [0.25, 0.3) is 0 Å². The van der Waals surface area contributed by atoms with Crippen LogP contribution in [0, 0.1) is 29.1 Å². The molecule has 0 aromatic rings. The number of likely N-dealkylation sites (tertiary alicyclic amines) is 1. The maximum Gasteiger partial charge on any atom is 0.329 e. The molecule has 27 heavy (non-hydrogen) atoms. The first-order valence-electron chi connectivity index (χ1n) is 9.03. The van der Waals surface area contributed by atoms with Gasteiger partial charge in [0.25, 0.3) is 5.91 Å². The molecule has 0 aromatic carbocycles. The highest BCUT2D eigenvalue weighted by molar-refractivity contribution is 6.08. The van der Waals surface area contributed by atoms with E-state index in [-0.39, 0.29) is 17.7 Å². The van der Waals surface area contributed by atoms with Gasteiger partial charge in [-0.3, -0.25) is 19.3 Å². The normalized spacial score (nSPS) is 24.8. The van der Waals surface area contributed by atoms with Gasteiger partial charge < -0.3 is 10.1 Å². The first kappa shape index (κ1) is 20.6. The summed E-state index contributed by atoms with van der Waals surface area (Å²) in [5.41, 5.74) is -1.08. The van der Waals surface area contributed by atoms with Crippen molar-refractivity contribution in [3.05, 3.63) is 12.2 Å². The highest BCUT2D eigenvalue weighted by Gasteiger charge is 2.50. The van der Waals surface area contributed by atoms with E-state index in [1.54, 1.807) is 20.8 Å². The molecule has 3 amide bonds. The van der Waals surface area contributed by atoms with Crippen LogP contribution in [0.1, 0.15) is 40.5 Å². The Bertz CT molecular complexity index is 697. The number of amides is 3. The van der Waals surface area contributed by atoms with E-state index < -0.39 is 41.9 Å². The molecule has 8 heteroatoms. The Morgan fingerprint density at radius 1 is 1.26 bits per heavy atom. The van der Waals surface area contributed by atoms with Crippen LogP contribution in [-0.2, 0) is 23.9 Å². The predicted octanol–water partition coefficient (Wildman–Crippen LogP) is 0.924. The maximum atomic E-state index is 12.5. The molecule has 1 saturated heterocycles. The first-order valence-corrected chi connectivity index (χ1v) is 9.03. The first-order chi connectivity index (χ1) is 12.6. The van der Waals surface area contributed by atoms with Gasteiger partial charge in [-0.25, -0.2) is 4.79 Å². The summed E-state index contributed by atoms with van der Waals surface area (Å²) in [5.74, 6) is -3.20. The number of carbonyl (C=O) groups is 4. The Hall–Kier alpha value is -2.69. The highest BCUT2D eigenvalue weighted by Crippen LogP contribution is 2.36. The summed E-state index contributed by atoms with van der Waals surface area (Å²) in [5, 5.41) is 11.7. The van der Waals surface area contributed by atoms with Crippen LogP contribution in [0.5, 0.6) is 0 Å². The number of nitrogens with zero attached hydrogens (tertiary/aromatic N) is 2. The van der Waals surface area contributed by atoms with Crippen LogP contribution in [0.4, 0.5) is 0 Å². The van der Waals surface area contributed by atoms with Crippen LogP contribution in [0.3, 0.4) is 0 Å². The van der Waals surface area contributed by atoms with Gasteiger partial charge in [0.15, 0.2) is 6.61 Å². The molecule has 146 valence electrons. The zero-order chi connectivity index (χ0) is 20.4. The van der Waals surface area contributed by atoms with Gasteiger partial charge in [0.2, 0.25) is 11.8 Å². The van der Waals surface area contributed by atoms with Crippen molar-refractivity contribution in [3.8, 4) is 6.07 Å². The average molecular weight is 375 g/mol. The molecule has 0 bridgehead atoms. The molecule has 2 aliphatic rings. The highest BCUT2D eigenvalue weighted by atomic mass is 16.5. The molecule has 8 nitrogen and oxygen atoms in total. The number of fused-ring (bicyclic) bond motifs is 1. The molecule has 1 fully saturated rings. The second-order valence-corrected chi connectivity index (χ2v) is 7.50. The molecule has 0 saturated carbocycles. The third kappa shape index (κ3) is 4.02. The van der Waals surface area contributed by atoms with Crippen molar-refractivity contribution < 1.29 is 23.9 Å². The van der Waals surface area contributed by atoms with Crippen molar-refractivity contribution in [1.82, 2.24) is 10.2 Å². The van der Waals surface area contributed by atoms with Crippen LogP contribution in [0.2, 0.25) is 0 Å². The Labute approximate surface area is 158 Å². The molecule has 1 aliphatic heterocycles. The maximum absolute atomic E-state index is 12.5. The molecule has 1 aliphatic carbocycles. The molecule has 1 heterocycles. The molecule has 0 spiro atoms. The number of nitriles is 1. The number of allylic oxidation sites excluding steroid dienone is 2. The second-order valence-electron chi connectivity index (χ2n) is 7.50. The van der Waals surface area contributed by atoms with E-state index in [0.29, 0.717) is 12.8 Å². The number of hydrogen-bond donors (Lipinski definition) is 1. The summed E-state index contributed by atoms with van der Waals surface area (Å²) in [6.07, 6.45) is 4.70. The van der Waals surface area contributed by atoms with Gasteiger partial charge in [-0.05, 0) is 32.6 Å². The monoisotopic (exact) mass is 375 g/mol. The number of carbonyl (C=O) groups excluding carboxylic acids is 4. The van der Waals surface area contributed by atoms with Gasteiger partial charge in [-0.15, -0.1) is 0 Å². The molecule has 4 atom stereocenters. The molecule has 2 rings (SSSR count). The third-order valence-electron chi connectivity index (χ3n) is 5.40. The van der Waals surface area contributed by atoms with Crippen LogP contribution < -0.4 is 5.32 Å². The fraction of sp³-hybridized carbons (Fsp3) is 0.632. The van der Waals surface area contributed by atoms with Crippen molar-refractivity contribution in [2.75, 3.05) is 6.61 Å². The third-order valence-corrected chi connectivity index (χ3v) is 5.40. The fourth-order valence-electron chi connectivity index (χ4n) is 3.20. The van der Waals surface area contributed by atoms with Gasteiger partial charge in [0, 0.05) is 0 Å². The lowest BCUT2D eigenvalue weighted by Crippen LogP contribution is -2.51. The summed E-state index contributed by atoms with van der Waals surface area (Å²) >= 11 is 0. The average Bonchev–Trinajstić information content (AvgIpc) is 2.90. The van der Waals surface area contributed by atoms with E-state index in [9.17, 15) is 24.4 Å². The number of esters is 1. The summed E-state index contributed by atoms with van der Waals surface area (Å²) in [7, 11) is 0. The second kappa shape index (κ2) is 7.91. The summed E-state index contributed by atoms with van der Waals surface area (Å²) in [6.45, 7) is 5.98. The molecular formula is C19H25N3O5. The van der Waals surface area contributed by atoms with Gasteiger partial charge in [-0.1, -0.05) is 26.0 Å². The van der Waals surface area contributed by atoms with E-state index in [1.165, 1.54) is 6.92 Å². The van der Waals surface area contributed by atoms with Crippen molar-refractivity contribution in [2.24, 2.45) is 17.8 Å². The number of nitrogens with one attached hydrogen (secondary N) is 1. The minimum Gasteiger partial charge on any atom is -0.454 e. The minimum absolute atomic E-state index is 0.141. The van der Waals surface area contributed by atoms with Crippen molar-refractivity contribution in [3.63, 3.8) is 0 Å². The smallest absolute Gasteiger partial charge is 0.329 e. The van der Waals surface area contributed by atoms with Crippen molar-refractivity contribution in [2.45, 2.75) is 52.1 Å².